The van der Waals surface area contributed by atoms with E-state index in [9.17, 15) is 14.4 Å². The lowest BCUT2D eigenvalue weighted by molar-refractivity contribution is -0.205. The van der Waals surface area contributed by atoms with E-state index in [1.54, 1.807) is 0 Å². The summed E-state index contributed by atoms with van der Waals surface area (Å²) in [6, 6.07) is 0. The van der Waals surface area contributed by atoms with Crippen LogP contribution in [-0.4, -0.2) is 52.2 Å². The lowest BCUT2D eigenvalue weighted by Gasteiger charge is -2.46. The van der Waals surface area contributed by atoms with E-state index < -0.39 is 52.2 Å². The van der Waals surface area contributed by atoms with Gasteiger partial charge in [0, 0.05) is 20.8 Å². The van der Waals surface area contributed by atoms with Gasteiger partial charge >= 0.3 is 17.9 Å². The molecule has 0 N–H and O–H groups in total. The summed E-state index contributed by atoms with van der Waals surface area (Å²) in [4.78, 5) is 33.9. The van der Waals surface area contributed by atoms with E-state index in [0.29, 0.717) is 0 Å². The van der Waals surface area contributed by atoms with Gasteiger partial charge in [-0.3, -0.25) is 14.4 Å². The predicted molar refractivity (Wildman–Crippen MR) is 78.2 cm³/mol. The van der Waals surface area contributed by atoms with Crippen LogP contribution in [0.4, 0.5) is 0 Å². The van der Waals surface area contributed by atoms with Gasteiger partial charge in [-0.05, 0) is 0 Å². The van der Waals surface area contributed by atoms with Crippen molar-refractivity contribution in [1.29, 1.82) is 0 Å². The van der Waals surface area contributed by atoms with Gasteiger partial charge in [-0.15, -0.1) is 0 Å². The number of esters is 3. The van der Waals surface area contributed by atoms with Gasteiger partial charge in [-0.1, -0.05) is 19.6 Å². The van der Waals surface area contributed by atoms with Crippen LogP contribution < -0.4 is 0 Å². The highest BCUT2D eigenvalue weighted by atomic mass is 29.2. The molecule has 21 heavy (non-hydrogen) atoms. The fourth-order valence-corrected chi connectivity index (χ4v) is 8.80. The van der Waals surface area contributed by atoms with E-state index >= 15 is 0 Å². The van der Waals surface area contributed by atoms with Gasteiger partial charge in [0.15, 0.2) is 14.7 Å². The van der Waals surface area contributed by atoms with Crippen molar-refractivity contribution in [3.05, 3.63) is 0 Å². The standard InChI is InChI=1S/C12H22O7Si2/c1-7(13)16-10-11(17-8(2)14)19-20(4)21(5,6)12(10)18-9(3)15/h10-12,20H,1-6H3. The molecule has 0 radical (unpaired) electrons. The van der Waals surface area contributed by atoms with Crippen molar-refractivity contribution >= 4 is 34.1 Å². The molecule has 0 aromatic rings. The molecule has 4 atom stereocenters. The molecule has 1 aliphatic rings. The Kier molecular flexibility index (Phi) is 5.70. The van der Waals surface area contributed by atoms with Gasteiger partial charge in [-0.2, -0.15) is 0 Å². The van der Waals surface area contributed by atoms with Gasteiger partial charge in [-0.25, -0.2) is 0 Å². The summed E-state index contributed by atoms with van der Waals surface area (Å²) < 4.78 is 21.6. The molecule has 4 unspecified atom stereocenters. The van der Waals surface area contributed by atoms with Crippen molar-refractivity contribution in [1.82, 2.24) is 0 Å². The van der Waals surface area contributed by atoms with Crippen molar-refractivity contribution in [3.63, 3.8) is 0 Å². The summed E-state index contributed by atoms with van der Waals surface area (Å²) in [6.07, 6.45) is -1.93. The minimum absolute atomic E-state index is 0.456. The SMILES string of the molecule is CC(=O)OC1O[SiH](C)[Si](C)(C)C(OC(C)=O)C1OC(C)=O. The molecule has 7 nitrogen and oxygen atoms in total. The summed E-state index contributed by atoms with van der Waals surface area (Å²) in [5.41, 5.74) is -0.585. The lowest BCUT2D eigenvalue weighted by Crippen LogP contribution is -2.70. The maximum atomic E-state index is 11.4. The minimum atomic E-state index is -2.10. The number of hydrogen-bond donors (Lipinski definition) is 0. The third kappa shape index (κ3) is 4.38. The first-order valence-corrected chi connectivity index (χ1v) is 13.2. The molecule has 0 aromatic carbocycles. The fraction of sp³-hybridized carbons (Fsp3) is 0.750. The first kappa shape index (κ1) is 17.9. The average molecular weight is 334 g/mol. The molecule has 0 amide bonds. The minimum Gasteiger partial charge on any atom is -0.462 e. The van der Waals surface area contributed by atoms with Gasteiger partial charge in [0.05, 0.1) is 0 Å². The van der Waals surface area contributed by atoms with Gasteiger partial charge in [0.1, 0.15) is 13.3 Å². The zero-order valence-corrected chi connectivity index (χ0v) is 15.3. The smallest absolute Gasteiger partial charge is 0.305 e. The second kappa shape index (κ2) is 6.71. The van der Waals surface area contributed by atoms with Crippen LogP contribution in [-0.2, 0) is 33.0 Å². The Morgan fingerprint density at radius 1 is 0.952 bits per heavy atom. The number of carbonyl (C=O) groups is 3. The van der Waals surface area contributed by atoms with Crippen LogP contribution >= 0.6 is 0 Å². The van der Waals surface area contributed by atoms with Crippen molar-refractivity contribution < 1.29 is 33.0 Å². The predicted octanol–water partition coefficient (Wildman–Crippen LogP) is 0.449. The third-order valence-corrected chi connectivity index (χ3v) is 15.9. The molecule has 1 aliphatic heterocycles. The van der Waals surface area contributed by atoms with Crippen molar-refractivity contribution in [2.45, 2.75) is 58.5 Å². The van der Waals surface area contributed by atoms with E-state index in [-0.39, 0.29) is 0 Å². The van der Waals surface area contributed by atoms with Crippen LogP contribution in [0.15, 0.2) is 0 Å². The molecule has 120 valence electrons. The molecule has 9 heteroatoms. The van der Waals surface area contributed by atoms with Crippen molar-refractivity contribution in [2.75, 3.05) is 0 Å². The summed E-state index contributed by atoms with van der Waals surface area (Å²) >= 11 is 0. The Hall–Kier alpha value is -1.20. The van der Waals surface area contributed by atoms with Gasteiger partial charge in [0.25, 0.3) is 0 Å². The summed E-state index contributed by atoms with van der Waals surface area (Å²) in [6.45, 7) is 9.83. The monoisotopic (exact) mass is 334 g/mol. The highest BCUT2D eigenvalue weighted by Gasteiger charge is 2.56. The molecule has 1 saturated heterocycles. The molecule has 1 heterocycles. The van der Waals surface area contributed by atoms with E-state index in [0.717, 1.165) is 0 Å². The molecule has 1 fully saturated rings. The zero-order chi connectivity index (χ0) is 16.4. The molecule has 1 rings (SSSR count). The molecule has 0 bridgehead atoms. The highest BCUT2D eigenvalue weighted by Crippen LogP contribution is 2.31. The zero-order valence-electron chi connectivity index (χ0n) is 13.2. The van der Waals surface area contributed by atoms with Crippen molar-refractivity contribution in [2.24, 2.45) is 0 Å². The van der Waals surface area contributed by atoms with Crippen LogP contribution in [0.25, 0.3) is 0 Å². The summed E-state index contributed by atoms with van der Waals surface area (Å²) in [5, 5.41) is 0. The van der Waals surface area contributed by atoms with Gasteiger partial charge in [0.2, 0.25) is 6.29 Å². The van der Waals surface area contributed by atoms with E-state index in [1.807, 2.05) is 19.6 Å². The highest BCUT2D eigenvalue weighted by molar-refractivity contribution is 7.30. The van der Waals surface area contributed by atoms with Crippen LogP contribution in [0.3, 0.4) is 0 Å². The average Bonchev–Trinajstić information content (AvgIpc) is 2.29. The number of rotatable bonds is 3. The van der Waals surface area contributed by atoms with Crippen LogP contribution in [0, 0.1) is 0 Å². The van der Waals surface area contributed by atoms with E-state index in [4.69, 9.17) is 18.6 Å². The Labute approximate surface area is 126 Å². The second-order valence-electron chi connectivity index (χ2n) is 5.68. The summed E-state index contributed by atoms with van der Waals surface area (Å²) in [7, 11) is -3.83. The normalized spacial score (nSPS) is 31.1. The lowest BCUT2D eigenvalue weighted by atomic mass is 10.3. The van der Waals surface area contributed by atoms with Crippen LogP contribution in [0.5, 0.6) is 0 Å². The maximum Gasteiger partial charge on any atom is 0.305 e. The largest absolute Gasteiger partial charge is 0.462 e. The Morgan fingerprint density at radius 2 is 1.43 bits per heavy atom. The molecular weight excluding hydrogens is 312 g/mol. The van der Waals surface area contributed by atoms with Crippen LogP contribution in [0.1, 0.15) is 20.8 Å². The second-order valence-corrected chi connectivity index (χ2v) is 18.4. The van der Waals surface area contributed by atoms with Gasteiger partial charge < -0.3 is 18.6 Å². The fourth-order valence-electron chi connectivity index (χ4n) is 2.22. The Bertz CT molecular complexity index is 437. The van der Waals surface area contributed by atoms with E-state index in [2.05, 4.69) is 0 Å². The Balaban J connectivity index is 3.14. The van der Waals surface area contributed by atoms with Crippen molar-refractivity contribution in [3.8, 4) is 0 Å². The van der Waals surface area contributed by atoms with E-state index in [1.165, 1.54) is 20.8 Å². The molecular formula is C12H22O7Si2. The third-order valence-electron chi connectivity index (χ3n) is 3.56. The number of carbonyl (C=O) groups excluding carboxylic acids is 3. The molecule has 0 aromatic heterocycles. The first-order valence-electron chi connectivity index (χ1n) is 6.72. The maximum absolute atomic E-state index is 11.4. The topological polar surface area (TPSA) is 88.1 Å². The molecule has 0 spiro atoms. The molecule has 0 saturated carbocycles. The first-order chi connectivity index (χ1) is 9.55. The summed E-state index contributed by atoms with van der Waals surface area (Å²) in [5.74, 6) is -1.54. The quantitative estimate of drug-likeness (QED) is 0.420. The molecule has 0 aliphatic carbocycles. The Morgan fingerprint density at radius 3 is 1.86 bits per heavy atom. The number of hydrogen-bond acceptors (Lipinski definition) is 7. The van der Waals surface area contributed by atoms with Crippen LogP contribution in [0.2, 0.25) is 19.6 Å². The number of ether oxygens (including phenoxy) is 3.